The Labute approximate surface area is 128 Å². The number of nitrogens with one attached hydrogen (secondary N) is 1. The lowest BCUT2D eigenvalue weighted by Gasteiger charge is -2.61. The van der Waals surface area contributed by atoms with Crippen molar-refractivity contribution in [2.24, 2.45) is 5.41 Å². The first-order chi connectivity index (χ1) is 10.3. The minimum Gasteiger partial charge on any atom is -0.381 e. The Hall–Kier alpha value is -1.06. The van der Waals surface area contributed by atoms with Crippen molar-refractivity contribution >= 4 is 5.69 Å². The topological polar surface area (TPSA) is 30.5 Å². The van der Waals surface area contributed by atoms with E-state index in [-0.39, 0.29) is 0 Å². The largest absolute Gasteiger partial charge is 0.381 e. The first kappa shape index (κ1) is 14.9. The predicted octanol–water partition coefficient (Wildman–Crippen LogP) is 3.98. The molecule has 2 atom stereocenters. The summed E-state index contributed by atoms with van der Waals surface area (Å²) in [5, 5.41) is 3.78. The van der Waals surface area contributed by atoms with E-state index in [0.29, 0.717) is 24.2 Å². The second kappa shape index (κ2) is 6.37. The van der Waals surface area contributed by atoms with Crippen molar-refractivity contribution in [3.8, 4) is 0 Å². The maximum absolute atomic E-state index is 5.93. The molecule has 1 spiro atoms. The minimum atomic E-state index is 0.398. The molecular weight excluding hydrogens is 262 g/mol. The molecule has 0 aliphatic heterocycles. The van der Waals surface area contributed by atoms with E-state index < -0.39 is 0 Å². The Balaban J connectivity index is 1.67. The van der Waals surface area contributed by atoms with Crippen LogP contribution < -0.4 is 5.32 Å². The number of para-hydroxylation sites is 1. The summed E-state index contributed by atoms with van der Waals surface area (Å²) in [5.41, 5.74) is 2.89. The zero-order valence-corrected chi connectivity index (χ0v) is 13.2. The van der Waals surface area contributed by atoms with E-state index in [1.165, 1.54) is 30.5 Å². The SMILES string of the molecule is CCOCc1ccccc1NC1CC(OCC)C12CCC2. The molecule has 3 rings (SSSR count). The highest BCUT2D eigenvalue weighted by atomic mass is 16.5. The van der Waals surface area contributed by atoms with Crippen LogP contribution in [-0.2, 0) is 16.1 Å². The molecule has 0 aromatic heterocycles. The Kier molecular flexibility index (Phi) is 4.51. The summed E-state index contributed by atoms with van der Waals surface area (Å²) in [5.74, 6) is 0. The van der Waals surface area contributed by atoms with E-state index >= 15 is 0 Å². The van der Waals surface area contributed by atoms with Crippen molar-refractivity contribution in [1.29, 1.82) is 0 Å². The van der Waals surface area contributed by atoms with E-state index in [0.717, 1.165) is 19.6 Å². The Morgan fingerprint density at radius 3 is 2.67 bits per heavy atom. The average molecular weight is 289 g/mol. The Bertz CT molecular complexity index is 470. The molecule has 0 heterocycles. The highest BCUT2D eigenvalue weighted by Crippen LogP contribution is 2.58. The molecule has 116 valence electrons. The van der Waals surface area contributed by atoms with E-state index in [1.54, 1.807) is 0 Å². The first-order valence-corrected chi connectivity index (χ1v) is 8.34. The van der Waals surface area contributed by atoms with Crippen LogP contribution >= 0.6 is 0 Å². The molecule has 2 aliphatic carbocycles. The summed E-state index contributed by atoms with van der Waals surface area (Å²) < 4.78 is 11.5. The van der Waals surface area contributed by atoms with Gasteiger partial charge in [-0.2, -0.15) is 0 Å². The molecular formula is C18H27NO2. The fraction of sp³-hybridized carbons (Fsp3) is 0.667. The van der Waals surface area contributed by atoms with Gasteiger partial charge >= 0.3 is 0 Å². The summed E-state index contributed by atoms with van der Waals surface area (Å²) in [6, 6.07) is 9.08. The lowest BCUT2D eigenvalue weighted by Crippen LogP contribution is -2.64. The Morgan fingerprint density at radius 2 is 2.00 bits per heavy atom. The third-order valence-corrected chi connectivity index (χ3v) is 5.25. The Morgan fingerprint density at radius 1 is 1.19 bits per heavy atom. The van der Waals surface area contributed by atoms with Gasteiger partial charge in [-0.1, -0.05) is 24.6 Å². The van der Waals surface area contributed by atoms with Gasteiger partial charge in [0.1, 0.15) is 0 Å². The second-order valence-corrected chi connectivity index (χ2v) is 6.26. The van der Waals surface area contributed by atoms with E-state index in [4.69, 9.17) is 9.47 Å². The van der Waals surface area contributed by atoms with Crippen molar-refractivity contribution in [1.82, 2.24) is 0 Å². The van der Waals surface area contributed by atoms with Gasteiger partial charge in [0.25, 0.3) is 0 Å². The molecule has 1 aromatic rings. The van der Waals surface area contributed by atoms with Gasteiger partial charge in [0.15, 0.2) is 0 Å². The zero-order valence-electron chi connectivity index (χ0n) is 13.2. The molecule has 2 fully saturated rings. The summed E-state index contributed by atoms with van der Waals surface area (Å²) in [7, 11) is 0. The summed E-state index contributed by atoms with van der Waals surface area (Å²) in [6.07, 6.45) is 5.57. The molecule has 3 heteroatoms. The van der Waals surface area contributed by atoms with Crippen LogP contribution in [0.15, 0.2) is 24.3 Å². The van der Waals surface area contributed by atoms with Crippen LogP contribution in [0.5, 0.6) is 0 Å². The number of benzene rings is 1. The summed E-state index contributed by atoms with van der Waals surface area (Å²) in [4.78, 5) is 0. The van der Waals surface area contributed by atoms with Crippen molar-refractivity contribution < 1.29 is 9.47 Å². The summed E-state index contributed by atoms with van der Waals surface area (Å²) >= 11 is 0. The molecule has 21 heavy (non-hydrogen) atoms. The van der Waals surface area contributed by atoms with Gasteiger partial charge in [-0.3, -0.25) is 0 Å². The standard InChI is InChI=1S/C18H27NO2/c1-3-20-13-14-8-5-6-9-15(14)19-16-12-17(21-4-2)18(16)10-7-11-18/h5-6,8-9,16-17,19H,3-4,7,10-13H2,1-2H3. The molecule has 2 saturated carbocycles. The zero-order chi connectivity index (χ0) is 14.7. The lowest BCUT2D eigenvalue weighted by molar-refractivity contribution is -0.157. The maximum Gasteiger partial charge on any atom is 0.0736 e. The van der Waals surface area contributed by atoms with Crippen molar-refractivity contribution in [2.45, 2.75) is 58.3 Å². The maximum atomic E-state index is 5.93. The molecule has 1 N–H and O–H groups in total. The molecule has 0 bridgehead atoms. The molecule has 0 saturated heterocycles. The minimum absolute atomic E-state index is 0.398. The van der Waals surface area contributed by atoms with E-state index in [2.05, 4.69) is 36.5 Å². The van der Waals surface area contributed by atoms with Crippen LogP contribution in [0.1, 0.15) is 45.1 Å². The fourth-order valence-corrected chi connectivity index (χ4v) is 3.83. The van der Waals surface area contributed by atoms with Crippen molar-refractivity contribution in [3.05, 3.63) is 29.8 Å². The normalized spacial score (nSPS) is 26.2. The number of hydrogen-bond acceptors (Lipinski definition) is 3. The van der Waals surface area contributed by atoms with Gasteiger partial charge < -0.3 is 14.8 Å². The summed E-state index contributed by atoms with van der Waals surface area (Å²) in [6.45, 7) is 6.42. The number of rotatable bonds is 7. The van der Waals surface area contributed by atoms with E-state index in [1.807, 2.05) is 6.92 Å². The smallest absolute Gasteiger partial charge is 0.0736 e. The molecule has 0 radical (unpaired) electrons. The third-order valence-electron chi connectivity index (χ3n) is 5.25. The van der Waals surface area contributed by atoms with Crippen LogP contribution in [0.4, 0.5) is 5.69 Å². The molecule has 2 aliphatic rings. The van der Waals surface area contributed by atoms with Crippen LogP contribution in [0, 0.1) is 5.41 Å². The van der Waals surface area contributed by atoms with Crippen LogP contribution in [0.25, 0.3) is 0 Å². The molecule has 1 aromatic carbocycles. The van der Waals surface area contributed by atoms with Crippen molar-refractivity contribution in [2.75, 3.05) is 18.5 Å². The third kappa shape index (κ3) is 2.69. The second-order valence-electron chi connectivity index (χ2n) is 6.26. The van der Waals surface area contributed by atoms with E-state index in [9.17, 15) is 0 Å². The van der Waals surface area contributed by atoms with Gasteiger partial charge in [-0.05, 0) is 39.2 Å². The number of anilines is 1. The van der Waals surface area contributed by atoms with Gasteiger partial charge in [-0.15, -0.1) is 0 Å². The number of hydrogen-bond donors (Lipinski definition) is 1. The molecule has 2 unspecified atom stereocenters. The van der Waals surface area contributed by atoms with Gasteiger partial charge in [-0.25, -0.2) is 0 Å². The highest BCUT2D eigenvalue weighted by molar-refractivity contribution is 5.52. The quantitative estimate of drug-likeness (QED) is 0.823. The van der Waals surface area contributed by atoms with Crippen molar-refractivity contribution in [3.63, 3.8) is 0 Å². The molecule has 3 nitrogen and oxygen atoms in total. The lowest BCUT2D eigenvalue weighted by atomic mass is 9.51. The van der Waals surface area contributed by atoms with Gasteiger partial charge in [0.05, 0.1) is 12.7 Å². The van der Waals surface area contributed by atoms with Crippen LogP contribution in [0.2, 0.25) is 0 Å². The van der Waals surface area contributed by atoms with Crippen LogP contribution in [-0.4, -0.2) is 25.4 Å². The monoisotopic (exact) mass is 289 g/mol. The average Bonchev–Trinajstić information content (AvgIpc) is 2.43. The van der Waals surface area contributed by atoms with Crippen LogP contribution in [0.3, 0.4) is 0 Å². The van der Waals surface area contributed by atoms with Gasteiger partial charge in [0, 0.05) is 35.9 Å². The van der Waals surface area contributed by atoms with Gasteiger partial charge in [0.2, 0.25) is 0 Å². The fourth-order valence-electron chi connectivity index (χ4n) is 3.83. The highest BCUT2D eigenvalue weighted by Gasteiger charge is 2.58. The number of ether oxygens (including phenoxy) is 2. The molecule has 0 amide bonds. The predicted molar refractivity (Wildman–Crippen MR) is 85.5 cm³/mol. The first-order valence-electron chi connectivity index (χ1n) is 8.34.